The zero-order valence-corrected chi connectivity index (χ0v) is 15.5. The van der Waals surface area contributed by atoms with E-state index >= 15 is 0 Å². The standard InChI is InChI=1S/C17H18N4O3S2/c18-26(23,24)15-5-3-13(4-6-15)7-8-19-16(22)11-14-12-20-17(25-14)21-9-1-2-10-21/h1-6,9-10,12H,7-8,11H2,(H,19,22)(H2,18,23,24). The Morgan fingerprint density at radius 1 is 1.19 bits per heavy atom. The first-order valence-electron chi connectivity index (χ1n) is 7.88. The van der Waals surface area contributed by atoms with Crippen molar-refractivity contribution < 1.29 is 13.2 Å². The summed E-state index contributed by atoms with van der Waals surface area (Å²) < 4.78 is 24.3. The van der Waals surface area contributed by atoms with Gasteiger partial charge >= 0.3 is 0 Å². The van der Waals surface area contributed by atoms with E-state index in [1.165, 1.54) is 23.5 Å². The van der Waals surface area contributed by atoms with Crippen LogP contribution in [0, 0.1) is 0 Å². The number of hydrogen-bond donors (Lipinski definition) is 2. The summed E-state index contributed by atoms with van der Waals surface area (Å²) in [6.07, 6.45) is 6.41. The van der Waals surface area contributed by atoms with E-state index in [-0.39, 0.29) is 17.2 Å². The Balaban J connectivity index is 1.47. The summed E-state index contributed by atoms with van der Waals surface area (Å²) in [6, 6.07) is 10.2. The fourth-order valence-electron chi connectivity index (χ4n) is 2.37. The predicted molar refractivity (Wildman–Crippen MR) is 99.7 cm³/mol. The van der Waals surface area contributed by atoms with Gasteiger partial charge in [-0.05, 0) is 36.2 Å². The zero-order chi connectivity index (χ0) is 18.6. The molecule has 0 atom stereocenters. The Morgan fingerprint density at radius 2 is 1.88 bits per heavy atom. The number of primary sulfonamides is 1. The molecule has 3 rings (SSSR count). The van der Waals surface area contributed by atoms with Crippen LogP contribution in [0.3, 0.4) is 0 Å². The molecule has 0 saturated carbocycles. The Kier molecular flexibility index (Phi) is 5.50. The van der Waals surface area contributed by atoms with Crippen molar-refractivity contribution in [1.29, 1.82) is 0 Å². The summed E-state index contributed by atoms with van der Waals surface area (Å²) in [7, 11) is -3.68. The van der Waals surface area contributed by atoms with Crippen LogP contribution in [-0.2, 0) is 27.7 Å². The van der Waals surface area contributed by atoms with Crippen molar-refractivity contribution in [3.8, 4) is 5.13 Å². The summed E-state index contributed by atoms with van der Waals surface area (Å²) in [6.45, 7) is 0.469. The van der Waals surface area contributed by atoms with Gasteiger partial charge in [-0.3, -0.25) is 4.79 Å². The number of thiazole rings is 1. The molecule has 0 spiro atoms. The molecule has 3 N–H and O–H groups in total. The first kappa shape index (κ1) is 18.3. The van der Waals surface area contributed by atoms with Gasteiger partial charge in [-0.1, -0.05) is 12.1 Å². The van der Waals surface area contributed by atoms with Gasteiger partial charge in [0.05, 0.1) is 11.3 Å². The van der Waals surface area contributed by atoms with E-state index in [0.29, 0.717) is 13.0 Å². The van der Waals surface area contributed by atoms with Gasteiger partial charge in [-0.25, -0.2) is 18.5 Å². The molecule has 7 nitrogen and oxygen atoms in total. The lowest BCUT2D eigenvalue weighted by Crippen LogP contribution is -2.27. The molecule has 2 heterocycles. The molecular weight excluding hydrogens is 372 g/mol. The summed E-state index contributed by atoms with van der Waals surface area (Å²) in [5.41, 5.74) is 0.922. The van der Waals surface area contributed by atoms with E-state index in [4.69, 9.17) is 5.14 Å². The lowest BCUT2D eigenvalue weighted by atomic mass is 10.1. The van der Waals surface area contributed by atoms with Gasteiger partial charge in [-0.2, -0.15) is 0 Å². The van der Waals surface area contributed by atoms with Crippen molar-refractivity contribution in [1.82, 2.24) is 14.9 Å². The smallest absolute Gasteiger partial charge is 0.238 e. The van der Waals surface area contributed by atoms with Crippen molar-refractivity contribution in [2.45, 2.75) is 17.7 Å². The topological polar surface area (TPSA) is 107 Å². The number of nitrogens with zero attached hydrogens (tertiary/aromatic N) is 2. The van der Waals surface area contributed by atoms with Gasteiger partial charge in [0.2, 0.25) is 15.9 Å². The normalized spacial score (nSPS) is 11.4. The molecule has 0 saturated heterocycles. The number of nitrogens with one attached hydrogen (secondary N) is 1. The second-order valence-electron chi connectivity index (χ2n) is 5.67. The van der Waals surface area contributed by atoms with Crippen LogP contribution in [0.1, 0.15) is 10.4 Å². The number of carbonyl (C=O) groups is 1. The largest absolute Gasteiger partial charge is 0.355 e. The fraction of sp³-hybridized carbons (Fsp3) is 0.176. The maximum atomic E-state index is 12.0. The maximum Gasteiger partial charge on any atom is 0.238 e. The van der Waals surface area contributed by atoms with Gasteiger partial charge in [0, 0.05) is 30.0 Å². The quantitative estimate of drug-likeness (QED) is 0.637. The summed E-state index contributed by atoms with van der Waals surface area (Å²) in [5, 5.41) is 8.75. The van der Waals surface area contributed by atoms with Gasteiger partial charge in [0.15, 0.2) is 5.13 Å². The number of hydrogen-bond acceptors (Lipinski definition) is 5. The maximum absolute atomic E-state index is 12.0. The van der Waals surface area contributed by atoms with E-state index in [1.807, 2.05) is 29.1 Å². The number of sulfonamides is 1. The van der Waals surface area contributed by atoms with Crippen LogP contribution in [0.15, 0.2) is 59.9 Å². The van der Waals surface area contributed by atoms with E-state index in [0.717, 1.165) is 15.6 Å². The van der Waals surface area contributed by atoms with Crippen molar-refractivity contribution in [3.05, 3.63) is 65.4 Å². The molecule has 0 bridgehead atoms. The van der Waals surface area contributed by atoms with E-state index < -0.39 is 10.0 Å². The molecule has 136 valence electrons. The van der Waals surface area contributed by atoms with Crippen LogP contribution in [0.25, 0.3) is 5.13 Å². The van der Waals surface area contributed by atoms with E-state index in [2.05, 4.69) is 10.3 Å². The molecular formula is C17H18N4O3S2. The molecule has 9 heteroatoms. The van der Waals surface area contributed by atoms with Crippen LogP contribution in [0.2, 0.25) is 0 Å². The molecule has 0 radical (unpaired) electrons. The lowest BCUT2D eigenvalue weighted by molar-refractivity contribution is -0.120. The van der Waals surface area contributed by atoms with Crippen molar-refractivity contribution in [2.75, 3.05) is 6.54 Å². The van der Waals surface area contributed by atoms with Crippen LogP contribution < -0.4 is 10.5 Å². The third kappa shape index (κ3) is 4.78. The van der Waals surface area contributed by atoms with E-state index in [1.54, 1.807) is 18.3 Å². The summed E-state index contributed by atoms with van der Waals surface area (Å²) >= 11 is 1.47. The van der Waals surface area contributed by atoms with Gasteiger partial charge in [0.1, 0.15) is 0 Å². The minimum absolute atomic E-state index is 0.0751. The van der Waals surface area contributed by atoms with Crippen molar-refractivity contribution >= 4 is 27.3 Å². The number of amides is 1. The monoisotopic (exact) mass is 390 g/mol. The lowest BCUT2D eigenvalue weighted by Gasteiger charge is -2.05. The second-order valence-corrected chi connectivity index (χ2v) is 8.32. The van der Waals surface area contributed by atoms with E-state index in [9.17, 15) is 13.2 Å². The van der Waals surface area contributed by atoms with Crippen molar-refractivity contribution in [3.63, 3.8) is 0 Å². The van der Waals surface area contributed by atoms with Crippen LogP contribution in [0.5, 0.6) is 0 Å². The molecule has 0 aliphatic rings. The highest BCUT2D eigenvalue weighted by molar-refractivity contribution is 7.89. The zero-order valence-electron chi connectivity index (χ0n) is 13.8. The highest BCUT2D eigenvalue weighted by atomic mass is 32.2. The Bertz CT molecular complexity index is 977. The molecule has 26 heavy (non-hydrogen) atoms. The number of rotatable bonds is 7. The first-order chi connectivity index (χ1) is 12.4. The third-order valence-corrected chi connectivity index (χ3v) is 5.63. The predicted octanol–water partition coefficient (Wildman–Crippen LogP) is 1.48. The number of carbonyl (C=O) groups excluding carboxylic acids is 1. The molecule has 0 aliphatic heterocycles. The SMILES string of the molecule is NS(=O)(=O)c1ccc(CCNC(=O)Cc2cnc(-n3cccc3)s2)cc1. The Morgan fingerprint density at radius 3 is 2.54 bits per heavy atom. The van der Waals surface area contributed by atoms with Crippen LogP contribution in [-0.4, -0.2) is 30.4 Å². The number of aromatic nitrogens is 2. The molecule has 2 aromatic heterocycles. The molecule has 0 aliphatic carbocycles. The minimum atomic E-state index is -3.68. The Hall–Kier alpha value is -2.49. The molecule has 3 aromatic rings. The average Bonchev–Trinajstić information content (AvgIpc) is 3.25. The van der Waals surface area contributed by atoms with Gasteiger partial charge in [-0.15, -0.1) is 11.3 Å². The molecule has 1 aromatic carbocycles. The molecule has 0 fully saturated rings. The Labute approximate surface area is 155 Å². The van der Waals surface area contributed by atoms with Crippen LogP contribution >= 0.6 is 11.3 Å². The average molecular weight is 390 g/mol. The third-order valence-electron chi connectivity index (χ3n) is 3.69. The fourth-order valence-corrected chi connectivity index (χ4v) is 3.76. The number of nitrogens with two attached hydrogens (primary N) is 1. The highest BCUT2D eigenvalue weighted by Crippen LogP contribution is 2.17. The molecule has 1 amide bonds. The number of benzene rings is 1. The highest BCUT2D eigenvalue weighted by Gasteiger charge is 2.09. The van der Waals surface area contributed by atoms with Crippen LogP contribution in [0.4, 0.5) is 0 Å². The van der Waals surface area contributed by atoms with Gasteiger partial charge < -0.3 is 9.88 Å². The van der Waals surface area contributed by atoms with Crippen molar-refractivity contribution in [2.24, 2.45) is 5.14 Å². The second kappa shape index (κ2) is 7.81. The summed E-state index contributed by atoms with van der Waals surface area (Å²) in [5.74, 6) is -0.0751. The molecule has 0 unspecified atom stereocenters. The van der Waals surface area contributed by atoms with Gasteiger partial charge in [0.25, 0.3) is 0 Å². The first-order valence-corrected chi connectivity index (χ1v) is 10.2. The summed E-state index contributed by atoms with van der Waals surface area (Å²) in [4.78, 5) is 17.3. The minimum Gasteiger partial charge on any atom is -0.355 e.